The monoisotopic (exact) mass is 553 g/mol. The summed E-state index contributed by atoms with van der Waals surface area (Å²) in [4.78, 5) is 34.5. The van der Waals surface area contributed by atoms with Crippen molar-refractivity contribution in [3.63, 3.8) is 0 Å². The zero-order valence-corrected chi connectivity index (χ0v) is 25.4. The van der Waals surface area contributed by atoms with Gasteiger partial charge < -0.3 is 9.33 Å². The normalized spacial score (nSPS) is 22.7. The van der Waals surface area contributed by atoms with E-state index in [4.69, 9.17) is 9.41 Å². The molecule has 6 rings (SSSR count). The molecule has 3 aromatic carbocycles. The maximum atomic E-state index is 13.0. The summed E-state index contributed by atoms with van der Waals surface area (Å²) >= 11 is 1.52. The van der Waals surface area contributed by atoms with Gasteiger partial charge in [0.05, 0.1) is 28.8 Å². The van der Waals surface area contributed by atoms with E-state index in [-0.39, 0.29) is 29.2 Å². The van der Waals surface area contributed by atoms with E-state index in [9.17, 15) is 9.59 Å². The number of imide groups is 1. The van der Waals surface area contributed by atoms with Crippen molar-refractivity contribution in [3.8, 4) is 0 Å². The molecule has 2 atom stereocenters. The molecule has 39 heavy (non-hydrogen) atoms. The number of carbonyl (C=O) groups excluding carboxylic acids is 2. The van der Waals surface area contributed by atoms with Crippen LogP contribution >= 0.6 is 11.3 Å². The molecule has 1 fully saturated rings. The second-order valence-corrected chi connectivity index (χ2v) is 12.4. The Bertz CT molecular complexity index is 1520. The Morgan fingerprint density at radius 2 is 1.41 bits per heavy atom. The van der Waals surface area contributed by atoms with Crippen molar-refractivity contribution in [2.75, 3.05) is 11.4 Å². The lowest BCUT2D eigenvalue weighted by Gasteiger charge is -2.70. The van der Waals surface area contributed by atoms with Crippen LogP contribution in [0.1, 0.15) is 58.3 Å². The molecule has 2 amide bonds. The summed E-state index contributed by atoms with van der Waals surface area (Å²) in [5, 5.41) is 2.76. The van der Waals surface area contributed by atoms with Gasteiger partial charge in [0.2, 0.25) is 0 Å². The lowest BCUT2D eigenvalue weighted by molar-refractivity contribution is -0.130. The van der Waals surface area contributed by atoms with Gasteiger partial charge >= 0.3 is 0 Å². The van der Waals surface area contributed by atoms with Crippen LogP contribution < -0.4 is 4.90 Å². The molecular formula is C31H31N3O3SSi. The van der Waals surface area contributed by atoms with Crippen LogP contribution in [0.5, 0.6) is 0 Å². The fraction of sp³-hybridized carbons (Fsp3) is 0.258. The van der Waals surface area contributed by atoms with E-state index in [1.165, 1.54) is 21.8 Å². The number of benzene rings is 3. The molecule has 0 spiro atoms. The maximum Gasteiger partial charge on any atom is 0.261 e. The minimum absolute atomic E-state index is 0.139. The van der Waals surface area contributed by atoms with Gasteiger partial charge in [-0.15, -0.1) is 11.3 Å². The Morgan fingerprint density at radius 3 is 1.95 bits per heavy atom. The molecule has 2 aliphatic heterocycles. The fourth-order valence-electron chi connectivity index (χ4n) is 6.49. The first-order chi connectivity index (χ1) is 18.7. The van der Waals surface area contributed by atoms with Crippen LogP contribution in [0, 0.1) is 5.41 Å². The van der Waals surface area contributed by atoms with Gasteiger partial charge in [-0.3, -0.25) is 14.5 Å². The second kappa shape index (κ2) is 9.26. The number of fused-ring (bicyclic) bond motifs is 1. The number of carbonyl (C=O) groups is 2. The molecule has 2 aliphatic rings. The molecule has 2 unspecified atom stereocenters. The SMILES string of the molecule is CC(C)(C)C1(c2ccccc2)CN(c2nc(CN3C(=O)c4ccccc4C3=O)cs2)C1(O[SiH3])c1ccccc1. The molecule has 8 heteroatoms. The summed E-state index contributed by atoms with van der Waals surface area (Å²) in [5.41, 5.74) is 2.65. The van der Waals surface area contributed by atoms with Crippen molar-refractivity contribution in [1.29, 1.82) is 0 Å². The second-order valence-electron chi connectivity index (χ2n) is 11.2. The molecule has 3 heterocycles. The number of nitrogens with zero attached hydrogens (tertiary/aromatic N) is 3. The number of aromatic nitrogens is 1. The van der Waals surface area contributed by atoms with Gasteiger partial charge in [-0.2, -0.15) is 0 Å². The molecule has 0 N–H and O–H groups in total. The van der Waals surface area contributed by atoms with Crippen molar-refractivity contribution in [3.05, 3.63) is 118 Å². The number of thiazole rings is 1. The van der Waals surface area contributed by atoms with Gasteiger partial charge in [0.1, 0.15) is 10.5 Å². The van der Waals surface area contributed by atoms with Crippen LogP contribution in [0.15, 0.2) is 90.3 Å². The predicted molar refractivity (Wildman–Crippen MR) is 157 cm³/mol. The first kappa shape index (κ1) is 25.7. The van der Waals surface area contributed by atoms with Crippen LogP contribution in [0.4, 0.5) is 5.13 Å². The Labute approximate surface area is 235 Å². The topological polar surface area (TPSA) is 62.7 Å². The zero-order chi connectivity index (χ0) is 27.4. The average Bonchev–Trinajstić information content (AvgIpc) is 3.48. The summed E-state index contributed by atoms with van der Waals surface area (Å²) < 4.78 is 6.76. The Kier molecular flexibility index (Phi) is 6.09. The number of hydrogen-bond acceptors (Lipinski definition) is 6. The average molecular weight is 554 g/mol. The highest BCUT2D eigenvalue weighted by atomic mass is 32.1. The lowest BCUT2D eigenvalue weighted by atomic mass is 9.50. The molecule has 0 aliphatic carbocycles. The largest absolute Gasteiger partial charge is 0.402 e. The number of anilines is 1. The molecule has 0 saturated carbocycles. The Balaban J connectivity index is 1.41. The van der Waals surface area contributed by atoms with Crippen LogP contribution in [0.25, 0.3) is 0 Å². The highest BCUT2D eigenvalue weighted by Crippen LogP contribution is 2.64. The minimum atomic E-state index is -0.759. The van der Waals surface area contributed by atoms with Crippen molar-refractivity contribution in [1.82, 2.24) is 9.88 Å². The summed E-state index contributed by atoms with van der Waals surface area (Å²) in [7, 11) is 0.516. The maximum absolute atomic E-state index is 13.0. The van der Waals surface area contributed by atoms with Crippen LogP contribution in [0.3, 0.4) is 0 Å². The molecule has 1 aromatic heterocycles. The van der Waals surface area contributed by atoms with Crippen molar-refractivity contribution < 1.29 is 14.0 Å². The van der Waals surface area contributed by atoms with Gasteiger partial charge in [-0.05, 0) is 23.1 Å². The van der Waals surface area contributed by atoms with Gasteiger partial charge in [0, 0.05) is 17.5 Å². The number of hydrogen-bond donors (Lipinski definition) is 0. The smallest absolute Gasteiger partial charge is 0.261 e. The summed E-state index contributed by atoms with van der Waals surface area (Å²) in [6, 6.07) is 28.0. The highest BCUT2D eigenvalue weighted by molar-refractivity contribution is 7.13. The summed E-state index contributed by atoms with van der Waals surface area (Å²) in [5.74, 6) is -0.544. The van der Waals surface area contributed by atoms with Gasteiger partial charge in [0.25, 0.3) is 11.8 Å². The molecule has 0 bridgehead atoms. The van der Waals surface area contributed by atoms with Crippen LogP contribution in [-0.2, 0) is 22.1 Å². The van der Waals surface area contributed by atoms with E-state index < -0.39 is 5.72 Å². The third-order valence-corrected chi connectivity index (χ3v) is 9.83. The van der Waals surface area contributed by atoms with Crippen molar-refractivity contribution >= 4 is 38.8 Å². The van der Waals surface area contributed by atoms with E-state index in [2.05, 4.69) is 74.2 Å². The van der Waals surface area contributed by atoms with Crippen molar-refractivity contribution in [2.24, 2.45) is 5.41 Å². The zero-order valence-electron chi connectivity index (χ0n) is 22.5. The molecule has 6 nitrogen and oxygen atoms in total. The predicted octanol–water partition coefficient (Wildman–Crippen LogP) is 4.89. The number of amides is 2. The third-order valence-electron chi connectivity index (χ3n) is 8.33. The lowest BCUT2D eigenvalue weighted by Crippen LogP contribution is -2.79. The summed E-state index contributed by atoms with van der Waals surface area (Å²) in [6.45, 7) is 7.71. The van der Waals surface area contributed by atoms with E-state index in [1.54, 1.807) is 24.3 Å². The fourth-order valence-corrected chi connectivity index (χ4v) is 8.15. The molecule has 0 radical (unpaired) electrons. The van der Waals surface area contributed by atoms with E-state index in [0.717, 1.165) is 17.2 Å². The molecule has 198 valence electrons. The molecule has 1 saturated heterocycles. The van der Waals surface area contributed by atoms with E-state index >= 15 is 0 Å². The van der Waals surface area contributed by atoms with Gasteiger partial charge in [-0.25, -0.2) is 4.98 Å². The van der Waals surface area contributed by atoms with Crippen molar-refractivity contribution in [2.45, 2.75) is 38.5 Å². The highest BCUT2D eigenvalue weighted by Gasteiger charge is 2.71. The first-order valence-electron chi connectivity index (χ1n) is 13.1. The van der Waals surface area contributed by atoms with Gasteiger partial charge in [0.15, 0.2) is 10.9 Å². The van der Waals surface area contributed by atoms with E-state index in [0.29, 0.717) is 27.3 Å². The standard InChI is InChI=1S/C31H31N3O3SSi/c1-29(2,3)30(21-12-6-4-7-13-21)20-34(31(30,37-39)22-14-8-5-9-15-22)28-32-23(19-38-28)18-33-26(35)24-16-10-11-17-25(24)27(33)36/h4-17,19H,18,20H2,1-3,39H3. The number of rotatable bonds is 6. The quantitative estimate of drug-likeness (QED) is 0.251. The van der Waals surface area contributed by atoms with Crippen LogP contribution in [-0.4, -0.2) is 38.7 Å². The Morgan fingerprint density at radius 1 is 0.872 bits per heavy atom. The summed E-state index contributed by atoms with van der Waals surface area (Å²) in [6.07, 6.45) is 0. The molecule has 4 aromatic rings. The third kappa shape index (κ3) is 3.58. The van der Waals surface area contributed by atoms with Crippen LogP contribution in [0.2, 0.25) is 0 Å². The molecular weight excluding hydrogens is 523 g/mol. The first-order valence-corrected chi connectivity index (χ1v) is 14.8. The minimum Gasteiger partial charge on any atom is -0.402 e. The van der Waals surface area contributed by atoms with E-state index in [1.807, 2.05) is 17.5 Å². The Hall–Kier alpha value is -3.59. The van der Waals surface area contributed by atoms with Gasteiger partial charge in [-0.1, -0.05) is 93.6 Å².